The number of hydrogen-bond acceptors (Lipinski definition) is 6. The molecule has 0 fully saturated rings. The molecule has 2 atom stereocenters. The van der Waals surface area contributed by atoms with E-state index in [1.165, 1.54) is 12.1 Å². The minimum Gasteiger partial charge on any atom is -0.395 e. The first kappa shape index (κ1) is 15.4. The molecule has 1 radical (unpaired) electrons. The molecule has 0 aromatic heterocycles. The van der Waals surface area contributed by atoms with Gasteiger partial charge in [-0.1, -0.05) is 12.1 Å². The predicted molar refractivity (Wildman–Crippen MR) is 66.0 cm³/mol. The third kappa shape index (κ3) is 5.65. The second kappa shape index (κ2) is 6.47. The molecule has 3 N–H and O–H groups in total. The van der Waals surface area contributed by atoms with Crippen LogP contribution in [-0.2, 0) is 25.1 Å². The van der Waals surface area contributed by atoms with Crippen LogP contribution in [0.5, 0.6) is 5.75 Å². The van der Waals surface area contributed by atoms with Gasteiger partial charge in [0, 0.05) is 6.92 Å². The van der Waals surface area contributed by atoms with E-state index in [0.717, 1.165) is 12.5 Å². The molecule has 7 nitrogen and oxygen atoms in total. The average Bonchev–Trinajstić information content (AvgIpc) is 2.29. The molecule has 1 aromatic carbocycles. The van der Waals surface area contributed by atoms with Crippen molar-refractivity contribution in [1.82, 2.24) is 0 Å². The van der Waals surface area contributed by atoms with Gasteiger partial charge in [-0.15, -0.1) is 0 Å². The van der Waals surface area contributed by atoms with Crippen molar-refractivity contribution in [2.45, 2.75) is 19.4 Å². The Bertz CT molecular complexity index is 500. The predicted octanol–water partition coefficient (Wildman–Crippen LogP) is 0.708. The molecule has 1 unspecified atom stereocenters. The third-order valence-electron chi connectivity index (χ3n) is 2.00. The first-order valence-corrected chi connectivity index (χ1v) is 6.76. The highest BCUT2D eigenvalue weighted by Crippen LogP contribution is 2.43. The van der Waals surface area contributed by atoms with Gasteiger partial charge < -0.3 is 14.8 Å². The fourth-order valence-electron chi connectivity index (χ4n) is 1.30. The Hall–Kier alpha value is -1.69. The first-order chi connectivity index (χ1) is 8.82. The fourth-order valence-corrected chi connectivity index (χ4v) is 2.05. The molecule has 0 spiro atoms. The van der Waals surface area contributed by atoms with Gasteiger partial charge in [0.1, 0.15) is 5.75 Å². The van der Waals surface area contributed by atoms with Crippen LogP contribution in [0, 0.1) is 0 Å². The average molecular weight is 286 g/mol. The van der Waals surface area contributed by atoms with E-state index in [9.17, 15) is 19.0 Å². The van der Waals surface area contributed by atoms with Crippen LogP contribution >= 0.6 is 7.82 Å². The number of benzene rings is 1. The first-order valence-electron chi connectivity index (χ1n) is 5.27. The van der Waals surface area contributed by atoms with Crippen LogP contribution < -0.4 is 10.3 Å². The van der Waals surface area contributed by atoms with Gasteiger partial charge in [0.15, 0.2) is 0 Å². The van der Waals surface area contributed by atoms with Crippen LogP contribution in [0.4, 0.5) is 0 Å². The summed E-state index contributed by atoms with van der Waals surface area (Å²) in [6, 6.07) is 5.22. The summed E-state index contributed by atoms with van der Waals surface area (Å²) in [5.74, 6) is -0.866. The summed E-state index contributed by atoms with van der Waals surface area (Å²) in [5.41, 5.74) is 6.14. The van der Waals surface area contributed by atoms with E-state index < -0.39 is 19.8 Å². The van der Waals surface area contributed by atoms with Crippen molar-refractivity contribution in [3.63, 3.8) is 0 Å². The summed E-state index contributed by atoms with van der Waals surface area (Å²) in [6.45, 7) is 0.993. The number of nitrogens with two attached hydrogens (primary N) is 1. The maximum absolute atomic E-state index is 11.3. The highest BCUT2D eigenvalue weighted by Gasteiger charge is 2.26. The SMILES string of the molecule is CC(=O)OP(=O)(O)Oc1ccc(C[C@H](N)[C]=O)cc1. The third-order valence-corrected chi connectivity index (χ3v) is 2.92. The van der Waals surface area contributed by atoms with Crippen LogP contribution in [0.25, 0.3) is 0 Å². The second-order valence-corrected chi connectivity index (χ2v) is 5.02. The number of phosphoric acid groups is 1. The molecule has 0 saturated carbocycles. The van der Waals surface area contributed by atoms with Crippen molar-refractivity contribution in [2.75, 3.05) is 0 Å². The van der Waals surface area contributed by atoms with Crippen molar-refractivity contribution in [3.05, 3.63) is 29.8 Å². The Kier molecular flexibility index (Phi) is 5.23. The Morgan fingerprint density at radius 3 is 2.53 bits per heavy atom. The molecule has 0 aliphatic carbocycles. The van der Waals surface area contributed by atoms with Gasteiger partial charge in [0.05, 0.1) is 6.04 Å². The molecular formula is C11H13NO6P. The van der Waals surface area contributed by atoms with Gasteiger partial charge in [0.25, 0.3) is 0 Å². The highest BCUT2D eigenvalue weighted by molar-refractivity contribution is 7.48. The largest absolute Gasteiger partial charge is 0.587 e. The molecule has 1 rings (SSSR count). The molecule has 0 aliphatic heterocycles. The van der Waals surface area contributed by atoms with Gasteiger partial charge in [-0.25, -0.2) is 4.57 Å². The Labute approximate surface area is 109 Å². The van der Waals surface area contributed by atoms with Crippen LogP contribution in [0.3, 0.4) is 0 Å². The van der Waals surface area contributed by atoms with E-state index in [-0.39, 0.29) is 5.75 Å². The van der Waals surface area contributed by atoms with E-state index in [1.807, 2.05) is 0 Å². The monoisotopic (exact) mass is 286 g/mol. The fraction of sp³-hybridized carbons (Fsp3) is 0.273. The Morgan fingerprint density at radius 2 is 2.05 bits per heavy atom. The minimum absolute atomic E-state index is 0.0551. The number of carbonyl (C=O) groups is 1. The zero-order valence-electron chi connectivity index (χ0n) is 10.1. The lowest BCUT2D eigenvalue weighted by atomic mass is 10.1. The quantitative estimate of drug-likeness (QED) is 0.739. The van der Waals surface area contributed by atoms with Gasteiger partial charge in [0.2, 0.25) is 6.29 Å². The number of phosphoric ester groups is 1. The molecule has 0 amide bonds. The topological polar surface area (TPSA) is 116 Å². The second-order valence-electron chi connectivity index (χ2n) is 3.72. The van der Waals surface area contributed by atoms with Crippen molar-refractivity contribution in [3.8, 4) is 5.75 Å². The van der Waals surface area contributed by atoms with Gasteiger partial charge in [-0.2, -0.15) is 0 Å². The minimum atomic E-state index is -4.46. The summed E-state index contributed by atoms with van der Waals surface area (Å²) in [6.07, 6.45) is 1.94. The molecule has 0 heterocycles. The van der Waals surface area contributed by atoms with Crippen molar-refractivity contribution in [1.29, 1.82) is 0 Å². The normalized spacial score (nSPS) is 15.1. The zero-order chi connectivity index (χ0) is 14.5. The maximum atomic E-state index is 11.3. The van der Waals surface area contributed by atoms with E-state index in [4.69, 9.17) is 5.73 Å². The van der Waals surface area contributed by atoms with Crippen molar-refractivity contribution in [2.24, 2.45) is 5.73 Å². The summed E-state index contributed by atoms with van der Waals surface area (Å²) in [7, 11) is -4.46. The summed E-state index contributed by atoms with van der Waals surface area (Å²) in [5, 5.41) is 0. The van der Waals surface area contributed by atoms with E-state index >= 15 is 0 Å². The van der Waals surface area contributed by atoms with Crippen molar-refractivity contribution < 1.29 is 28.1 Å². The molecule has 1 aromatic rings. The highest BCUT2D eigenvalue weighted by atomic mass is 31.2. The van der Waals surface area contributed by atoms with Crippen LogP contribution in [0.1, 0.15) is 12.5 Å². The molecule has 0 saturated heterocycles. The number of carbonyl (C=O) groups excluding carboxylic acids is 2. The Morgan fingerprint density at radius 1 is 1.47 bits per heavy atom. The van der Waals surface area contributed by atoms with Gasteiger partial charge in [-0.3, -0.25) is 14.5 Å². The molecule has 0 bridgehead atoms. The molecule has 19 heavy (non-hydrogen) atoms. The summed E-state index contributed by atoms with van der Waals surface area (Å²) in [4.78, 5) is 30.1. The maximum Gasteiger partial charge on any atom is 0.587 e. The van der Waals surface area contributed by atoms with E-state index in [0.29, 0.717) is 6.42 Å². The van der Waals surface area contributed by atoms with E-state index in [1.54, 1.807) is 18.4 Å². The number of hydrogen-bond donors (Lipinski definition) is 2. The van der Waals surface area contributed by atoms with Crippen LogP contribution in [0.15, 0.2) is 24.3 Å². The zero-order valence-corrected chi connectivity index (χ0v) is 11.0. The summed E-state index contributed by atoms with van der Waals surface area (Å²) < 4.78 is 20.1. The van der Waals surface area contributed by atoms with Crippen LogP contribution in [-0.4, -0.2) is 23.2 Å². The smallest absolute Gasteiger partial charge is 0.395 e. The lowest BCUT2D eigenvalue weighted by molar-refractivity contribution is -0.133. The van der Waals surface area contributed by atoms with Crippen molar-refractivity contribution >= 4 is 20.1 Å². The summed E-state index contributed by atoms with van der Waals surface area (Å²) >= 11 is 0. The number of rotatable bonds is 6. The molecule has 8 heteroatoms. The molecular weight excluding hydrogens is 273 g/mol. The van der Waals surface area contributed by atoms with E-state index in [2.05, 4.69) is 9.05 Å². The molecule has 103 valence electrons. The molecule has 0 aliphatic rings. The van der Waals surface area contributed by atoms with Gasteiger partial charge in [-0.05, 0) is 24.1 Å². The Balaban J connectivity index is 2.69. The standard InChI is InChI=1S/C11H13NO6P/c1-8(14)17-19(15,16)18-11-4-2-9(3-5-11)6-10(12)7-13/h2-5,10H,6,12H2,1H3,(H,15,16)/t10-/m0/s1. The van der Waals surface area contributed by atoms with Gasteiger partial charge >= 0.3 is 13.8 Å². The lowest BCUT2D eigenvalue weighted by Crippen LogP contribution is -2.23. The van der Waals surface area contributed by atoms with Crippen LogP contribution in [0.2, 0.25) is 0 Å². The lowest BCUT2D eigenvalue weighted by Gasteiger charge is -2.11.